The van der Waals surface area contributed by atoms with E-state index in [9.17, 15) is 9.59 Å². The van der Waals surface area contributed by atoms with Crippen molar-refractivity contribution in [3.63, 3.8) is 0 Å². The van der Waals surface area contributed by atoms with Gasteiger partial charge in [0.05, 0.1) is 0 Å². The Morgan fingerprint density at radius 1 is 1.19 bits per heavy atom. The molecule has 1 aliphatic heterocycles. The van der Waals surface area contributed by atoms with Crippen molar-refractivity contribution in [2.45, 2.75) is 51.0 Å². The van der Waals surface area contributed by atoms with Gasteiger partial charge in [-0.05, 0) is 52.2 Å². The molecule has 2 amide bonds. The molecule has 1 N–H and O–H groups in total. The maximum atomic E-state index is 13.5. The minimum Gasteiger partial charge on any atom is -0.385 e. The molecule has 1 aliphatic carbocycles. The molecule has 27 heavy (non-hydrogen) atoms. The van der Waals surface area contributed by atoms with Crippen molar-refractivity contribution in [1.82, 2.24) is 15.1 Å². The summed E-state index contributed by atoms with van der Waals surface area (Å²) in [5, 5.41) is 2.91. The third kappa shape index (κ3) is 6.32. The summed E-state index contributed by atoms with van der Waals surface area (Å²) in [6.07, 6.45) is 8.22. The lowest BCUT2D eigenvalue weighted by Gasteiger charge is -2.41. The standard InChI is InChI=1S/C21H37N3O3/c1-4-12-22-20(25)18-8-5-6-9-19(18)21(26)24(13-7-16-27-3)17-10-14-23(2)15-11-17/h4,17-19H,1,5-16H2,2-3H3,(H,22,25)/t18-,19+/m0/s1. The largest absolute Gasteiger partial charge is 0.385 e. The van der Waals surface area contributed by atoms with Gasteiger partial charge >= 0.3 is 0 Å². The van der Waals surface area contributed by atoms with E-state index in [2.05, 4.69) is 28.7 Å². The van der Waals surface area contributed by atoms with Crippen molar-refractivity contribution in [2.24, 2.45) is 11.8 Å². The van der Waals surface area contributed by atoms with E-state index >= 15 is 0 Å². The summed E-state index contributed by atoms with van der Waals surface area (Å²) in [5.41, 5.74) is 0. The molecule has 2 aliphatic rings. The Labute approximate surface area is 164 Å². The van der Waals surface area contributed by atoms with E-state index in [1.165, 1.54) is 0 Å². The topological polar surface area (TPSA) is 61.9 Å². The van der Waals surface area contributed by atoms with Gasteiger partial charge in [0.2, 0.25) is 11.8 Å². The molecule has 0 spiro atoms. The van der Waals surface area contributed by atoms with E-state index in [0.717, 1.165) is 64.6 Å². The molecule has 2 rings (SSSR count). The van der Waals surface area contributed by atoms with Crippen LogP contribution >= 0.6 is 0 Å². The van der Waals surface area contributed by atoms with Crippen molar-refractivity contribution in [3.8, 4) is 0 Å². The Kier molecular flexibility index (Phi) is 9.28. The fraction of sp³-hybridized carbons (Fsp3) is 0.810. The summed E-state index contributed by atoms with van der Waals surface area (Å²) in [7, 11) is 3.83. The minimum atomic E-state index is -0.206. The number of nitrogens with zero attached hydrogens (tertiary/aromatic N) is 2. The number of ether oxygens (including phenoxy) is 1. The zero-order valence-electron chi connectivity index (χ0n) is 17.1. The second-order valence-electron chi connectivity index (χ2n) is 7.94. The van der Waals surface area contributed by atoms with Crippen molar-refractivity contribution >= 4 is 11.8 Å². The van der Waals surface area contributed by atoms with Gasteiger partial charge in [-0.1, -0.05) is 18.9 Å². The van der Waals surface area contributed by atoms with Gasteiger partial charge in [-0.2, -0.15) is 0 Å². The summed E-state index contributed by atoms with van der Waals surface area (Å²) in [6.45, 7) is 7.54. The van der Waals surface area contributed by atoms with Crippen molar-refractivity contribution in [1.29, 1.82) is 0 Å². The number of piperidine rings is 1. The van der Waals surface area contributed by atoms with Crippen LogP contribution in [0.1, 0.15) is 44.9 Å². The molecule has 0 unspecified atom stereocenters. The molecule has 0 aromatic carbocycles. The molecule has 2 fully saturated rings. The zero-order valence-corrected chi connectivity index (χ0v) is 17.1. The highest BCUT2D eigenvalue weighted by molar-refractivity contribution is 5.88. The Morgan fingerprint density at radius 2 is 1.85 bits per heavy atom. The van der Waals surface area contributed by atoms with Gasteiger partial charge in [-0.15, -0.1) is 6.58 Å². The van der Waals surface area contributed by atoms with E-state index < -0.39 is 0 Å². The Hall–Kier alpha value is -1.40. The lowest BCUT2D eigenvalue weighted by molar-refractivity contribution is -0.146. The molecule has 0 bridgehead atoms. The van der Waals surface area contributed by atoms with Crippen molar-refractivity contribution in [3.05, 3.63) is 12.7 Å². The summed E-state index contributed by atoms with van der Waals surface area (Å²) in [6, 6.07) is 0.282. The highest BCUT2D eigenvalue weighted by Gasteiger charge is 2.39. The monoisotopic (exact) mass is 379 g/mol. The summed E-state index contributed by atoms with van der Waals surface area (Å²) < 4.78 is 5.21. The van der Waals surface area contributed by atoms with Crippen LogP contribution in [-0.2, 0) is 14.3 Å². The smallest absolute Gasteiger partial charge is 0.226 e. The average Bonchev–Trinajstić information content (AvgIpc) is 2.70. The van der Waals surface area contributed by atoms with Crippen LogP contribution in [0.25, 0.3) is 0 Å². The minimum absolute atomic E-state index is 0.00756. The average molecular weight is 380 g/mol. The molecule has 154 valence electrons. The van der Waals surface area contributed by atoms with E-state index in [1.54, 1.807) is 13.2 Å². The number of nitrogens with one attached hydrogen (secondary N) is 1. The first-order valence-electron chi connectivity index (χ1n) is 10.4. The fourth-order valence-electron chi connectivity index (χ4n) is 4.42. The molecule has 1 saturated carbocycles. The number of hydrogen-bond donors (Lipinski definition) is 1. The van der Waals surface area contributed by atoms with Gasteiger partial charge in [0.25, 0.3) is 0 Å². The normalized spacial score (nSPS) is 24.4. The first kappa shape index (κ1) is 21.9. The van der Waals surface area contributed by atoms with E-state index in [-0.39, 0.29) is 29.7 Å². The number of carbonyl (C=O) groups is 2. The third-order valence-electron chi connectivity index (χ3n) is 6.00. The van der Waals surface area contributed by atoms with Gasteiger partial charge in [0, 0.05) is 44.7 Å². The van der Waals surface area contributed by atoms with Gasteiger partial charge in [-0.25, -0.2) is 0 Å². The Balaban J connectivity index is 2.09. The maximum Gasteiger partial charge on any atom is 0.226 e. The lowest BCUT2D eigenvalue weighted by Crippen LogP contribution is -2.52. The molecular formula is C21H37N3O3. The Bertz CT molecular complexity index is 489. The van der Waals surface area contributed by atoms with E-state index in [1.807, 2.05) is 0 Å². The van der Waals surface area contributed by atoms with Crippen LogP contribution in [0.4, 0.5) is 0 Å². The molecule has 1 saturated heterocycles. The highest BCUT2D eigenvalue weighted by Crippen LogP contribution is 2.33. The van der Waals surface area contributed by atoms with E-state index in [4.69, 9.17) is 4.74 Å². The highest BCUT2D eigenvalue weighted by atomic mass is 16.5. The number of likely N-dealkylation sites (tertiary alicyclic amines) is 1. The predicted octanol–water partition coefficient (Wildman–Crippen LogP) is 2.05. The summed E-state index contributed by atoms with van der Waals surface area (Å²) in [4.78, 5) is 30.6. The van der Waals surface area contributed by atoms with Crippen LogP contribution in [-0.4, -0.2) is 74.6 Å². The van der Waals surface area contributed by atoms with Gasteiger partial charge in [0.15, 0.2) is 0 Å². The molecule has 2 atom stereocenters. The first-order chi connectivity index (χ1) is 13.1. The SMILES string of the molecule is C=CCNC(=O)[C@H]1CCCC[C@H]1C(=O)N(CCCOC)C1CCN(C)CC1. The van der Waals surface area contributed by atoms with Crippen LogP contribution in [0.3, 0.4) is 0 Å². The molecule has 6 nitrogen and oxygen atoms in total. The van der Waals surface area contributed by atoms with E-state index in [0.29, 0.717) is 13.2 Å². The molecule has 1 heterocycles. The molecule has 6 heteroatoms. The quantitative estimate of drug-likeness (QED) is 0.492. The number of hydrogen-bond acceptors (Lipinski definition) is 4. The lowest BCUT2D eigenvalue weighted by atomic mass is 9.77. The summed E-state index contributed by atoms with van der Waals surface area (Å²) >= 11 is 0. The van der Waals surface area contributed by atoms with Crippen LogP contribution in [0, 0.1) is 11.8 Å². The number of rotatable bonds is 9. The number of amides is 2. The van der Waals surface area contributed by atoms with Gasteiger partial charge in [0.1, 0.15) is 0 Å². The molecule has 0 radical (unpaired) electrons. The van der Waals surface area contributed by atoms with Gasteiger partial charge in [-0.3, -0.25) is 9.59 Å². The number of carbonyl (C=O) groups excluding carboxylic acids is 2. The van der Waals surface area contributed by atoms with Crippen LogP contribution in [0.2, 0.25) is 0 Å². The summed E-state index contributed by atoms with van der Waals surface area (Å²) in [5.74, 6) is -0.208. The van der Waals surface area contributed by atoms with Crippen LogP contribution < -0.4 is 5.32 Å². The second kappa shape index (κ2) is 11.4. The predicted molar refractivity (Wildman–Crippen MR) is 107 cm³/mol. The first-order valence-corrected chi connectivity index (χ1v) is 10.4. The molecular weight excluding hydrogens is 342 g/mol. The third-order valence-corrected chi connectivity index (χ3v) is 6.00. The zero-order chi connectivity index (χ0) is 19.6. The second-order valence-corrected chi connectivity index (χ2v) is 7.94. The Morgan fingerprint density at radius 3 is 2.48 bits per heavy atom. The molecule has 0 aromatic heterocycles. The number of methoxy groups -OCH3 is 1. The van der Waals surface area contributed by atoms with Crippen molar-refractivity contribution < 1.29 is 14.3 Å². The van der Waals surface area contributed by atoms with Crippen LogP contribution in [0.15, 0.2) is 12.7 Å². The fourth-order valence-corrected chi connectivity index (χ4v) is 4.42. The van der Waals surface area contributed by atoms with Gasteiger partial charge < -0.3 is 19.9 Å². The maximum absolute atomic E-state index is 13.5. The van der Waals surface area contributed by atoms with Crippen molar-refractivity contribution in [2.75, 3.05) is 46.9 Å². The van der Waals surface area contributed by atoms with Crippen LogP contribution in [0.5, 0.6) is 0 Å². The molecule has 0 aromatic rings.